The van der Waals surface area contributed by atoms with E-state index in [2.05, 4.69) is 4.98 Å². The number of nitrogens with one attached hydrogen (secondary N) is 1. The van der Waals surface area contributed by atoms with Crippen LogP contribution in [0.5, 0.6) is 0 Å². The van der Waals surface area contributed by atoms with E-state index < -0.39 is 21.8 Å². The van der Waals surface area contributed by atoms with Gasteiger partial charge in [0.05, 0.1) is 5.97 Å². The summed E-state index contributed by atoms with van der Waals surface area (Å²) in [6.07, 6.45) is 3.75. The maximum atomic E-state index is 9.58. The molecule has 1 heterocycles. The number of aromatic nitrogens is 1. The molecular weight excluding hydrogens is 210 g/mol. The molecule has 1 aromatic rings. The molecule has 0 aliphatic carbocycles. The highest BCUT2D eigenvalue weighted by Gasteiger charge is 2.02. The Kier molecular flexibility index (Phi) is 5.42. The molecule has 1 aromatic heterocycles. The highest BCUT2D eigenvalue weighted by molar-refractivity contribution is 7.86. The Morgan fingerprint density at radius 2 is 1.79 bits per heavy atom. The zero-order valence-electron chi connectivity index (χ0n) is 7.08. The summed E-state index contributed by atoms with van der Waals surface area (Å²) in [5, 5.41) is 9.36. The standard InChI is InChI=1S/C5H5N.C2H4O5S/c1-2-4-6-5-3-1;3-2(4)1-8(5,6)7/h1-5H;1H2,(H,3,4)(H,5,6,7). The predicted molar refractivity (Wildman–Crippen MR) is 44.4 cm³/mol. The van der Waals surface area contributed by atoms with Crippen molar-refractivity contribution in [1.82, 2.24) is 0 Å². The van der Waals surface area contributed by atoms with Gasteiger partial charge in [-0.3, -0.25) is 4.55 Å². The SMILES string of the molecule is O=C([O-])CS(=O)(=O)O.c1cc[nH+]cc1. The predicted octanol–water partition coefficient (Wildman–Crippen LogP) is -1.88. The lowest BCUT2D eigenvalue weighted by Crippen LogP contribution is -2.30. The third-order valence-corrected chi connectivity index (χ3v) is 1.51. The summed E-state index contributed by atoms with van der Waals surface area (Å²) >= 11 is 0. The second kappa shape index (κ2) is 6.06. The maximum absolute atomic E-state index is 9.58. The fraction of sp³-hybridized carbons (Fsp3) is 0.143. The quantitative estimate of drug-likeness (QED) is 0.586. The van der Waals surface area contributed by atoms with Crippen molar-refractivity contribution in [3.05, 3.63) is 30.6 Å². The van der Waals surface area contributed by atoms with Crippen LogP contribution in [-0.4, -0.2) is 24.7 Å². The van der Waals surface area contributed by atoms with Crippen LogP contribution >= 0.6 is 0 Å². The lowest BCUT2D eigenvalue weighted by Gasteiger charge is -1.94. The lowest BCUT2D eigenvalue weighted by atomic mass is 10.5. The monoisotopic (exact) mass is 219 g/mol. The molecule has 0 atom stereocenters. The van der Waals surface area contributed by atoms with Gasteiger partial charge in [0.1, 0.15) is 5.75 Å². The van der Waals surface area contributed by atoms with Gasteiger partial charge >= 0.3 is 0 Å². The Morgan fingerprint density at radius 1 is 1.29 bits per heavy atom. The van der Waals surface area contributed by atoms with Gasteiger partial charge in [0.15, 0.2) is 12.4 Å². The fourth-order valence-corrected chi connectivity index (χ4v) is 0.789. The number of carboxylic acid groups (broad SMARTS) is 1. The lowest BCUT2D eigenvalue weighted by molar-refractivity contribution is -0.378. The van der Waals surface area contributed by atoms with Crippen molar-refractivity contribution in [2.45, 2.75) is 0 Å². The Labute approximate surface area is 81.0 Å². The molecule has 0 radical (unpaired) electrons. The number of carbonyl (C=O) groups is 1. The van der Waals surface area contributed by atoms with Crippen molar-refractivity contribution >= 4 is 16.1 Å². The third-order valence-electron chi connectivity index (χ3n) is 0.907. The first-order valence-corrected chi connectivity index (χ1v) is 5.09. The Hall–Kier alpha value is -1.47. The van der Waals surface area contributed by atoms with E-state index in [1.54, 1.807) is 0 Å². The number of pyridine rings is 1. The van der Waals surface area contributed by atoms with Gasteiger partial charge in [0.2, 0.25) is 0 Å². The Morgan fingerprint density at radius 3 is 1.86 bits per heavy atom. The first-order valence-electron chi connectivity index (χ1n) is 3.48. The van der Waals surface area contributed by atoms with Crippen LogP contribution in [0.3, 0.4) is 0 Å². The van der Waals surface area contributed by atoms with Crippen molar-refractivity contribution in [2.75, 3.05) is 5.75 Å². The molecule has 0 unspecified atom stereocenters. The number of aliphatic carboxylic acids is 1. The highest BCUT2D eigenvalue weighted by Crippen LogP contribution is 1.76. The molecule has 14 heavy (non-hydrogen) atoms. The minimum Gasteiger partial charge on any atom is -0.549 e. The molecule has 0 bridgehead atoms. The molecule has 0 saturated carbocycles. The number of hydrogen-bond donors (Lipinski definition) is 1. The summed E-state index contributed by atoms with van der Waals surface area (Å²) in [5.74, 6) is -3.15. The maximum Gasteiger partial charge on any atom is 0.270 e. The zero-order chi connectivity index (χ0) is 11.0. The topological polar surface area (TPSA) is 109 Å². The number of hydrogen-bond acceptors (Lipinski definition) is 4. The summed E-state index contributed by atoms with van der Waals surface area (Å²) in [6, 6.07) is 5.86. The summed E-state index contributed by atoms with van der Waals surface area (Å²) in [4.78, 5) is 12.3. The Balaban J connectivity index is 0.000000249. The number of aromatic amines is 1. The minimum absolute atomic E-state index is 1.34. The summed E-state index contributed by atoms with van der Waals surface area (Å²) in [5.41, 5.74) is 0. The highest BCUT2D eigenvalue weighted by atomic mass is 32.2. The van der Waals surface area contributed by atoms with Crippen LogP contribution < -0.4 is 10.1 Å². The second-order valence-electron chi connectivity index (χ2n) is 2.18. The van der Waals surface area contributed by atoms with Crippen LogP contribution in [0.1, 0.15) is 0 Å². The van der Waals surface area contributed by atoms with Crippen LogP contribution in [0.15, 0.2) is 30.6 Å². The molecule has 0 spiro atoms. The van der Waals surface area contributed by atoms with Gasteiger partial charge in [-0.1, -0.05) is 6.07 Å². The summed E-state index contributed by atoms with van der Waals surface area (Å²) in [7, 11) is -4.39. The molecule has 0 saturated heterocycles. The number of rotatable bonds is 2. The van der Waals surface area contributed by atoms with Crippen molar-refractivity contribution < 1.29 is 27.9 Å². The van der Waals surface area contributed by atoms with Crippen molar-refractivity contribution in [1.29, 1.82) is 0 Å². The molecule has 7 heteroatoms. The number of carboxylic acids is 1. The van der Waals surface area contributed by atoms with Gasteiger partial charge in [-0.2, -0.15) is 8.42 Å². The molecule has 0 amide bonds. The summed E-state index contributed by atoms with van der Waals surface area (Å²) < 4.78 is 26.9. The van der Waals surface area contributed by atoms with E-state index in [1.807, 2.05) is 30.6 Å². The van der Waals surface area contributed by atoms with Crippen LogP contribution in [0.2, 0.25) is 0 Å². The average Bonchev–Trinajstić information content (AvgIpc) is 2.03. The molecule has 1 rings (SSSR count). The smallest absolute Gasteiger partial charge is 0.270 e. The van der Waals surface area contributed by atoms with Crippen LogP contribution in [0, 0.1) is 0 Å². The van der Waals surface area contributed by atoms with Gasteiger partial charge in [0, 0.05) is 12.1 Å². The molecule has 6 nitrogen and oxygen atoms in total. The molecule has 78 valence electrons. The first kappa shape index (κ1) is 12.5. The third kappa shape index (κ3) is 10.5. The average molecular weight is 219 g/mol. The van der Waals surface area contributed by atoms with E-state index in [0.29, 0.717) is 0 Å². The number of H-pyrrole nitrogens is 1. The van der Waals surface area contributed by atoms with Crippen LogP contribution in [0.4, 0.5) is 0 Å². The molecule has 0 aliphatic rings. The Bertz CT molecular complexity index is 334. The minimum atomic E-state index is -4.39. The largest absolute Gasteiger partial charge is 0.549 e. The van der Waals surface area contributed by atoms with Crippen LogP contribution in [-0.2, 0) is 14.9 Å². The zero-order valence-corrected chi connectivity index (χ0v) is 7.90. The molecule has 0 aliphatic heterocycles. The van der Waals surface area contributed by atoms with E-state index in [0.717, 1.165) is 0 Å². The number of carbonyl (C=O) groups excluding carboxylic acids is 1. The van der Waals surface area contributed by atoms with E-state index in [9.17, 15) is 18.3 Å². The molecule has 0 aromatic carbocycles. The van der Waals surface area contributed by atoms with E-state index in [1.165, 1.54) is 0 Å². The van der Waals surface area contributed by atoms with E-state index in [-0.39, 0.29) is 0 Å². The van der Waals surface area contributed by atoms with Crippen molar-refractivity contribution in [3.8, 4) is 0 Å². The van der Waals surface area contributed by atoms with Gasteiger partial charge in [-0.05, 0) is 0 Å². The van der Waals surface area contributed by atoms with Crippen molar-refractivity contribution in [3.63, 3.8) is 0 Å². The van der Waals surface area contributed by atoms with Gasteiger partial charge in [-0.25, -0.2) is 4.98 Å². The fourth-order valence-electron chi connectivity index (χ4n) is 0.491. The molecule has 0 fully saturated rings. The van der Waals surface area contributed by atoms with Crippen molar-refractivity contribution in [2.24, 2.45) is 0 Å². The first-order chi connectivity index (χ1) is 6.42. The van der Waals surface area contributed by atoms with Crippen LogP contribution in [0.25, 0.3) is 0 Å². The summed E-state index contributed by atoms with van der Waals surface area (Å²) in [6.45, 7) is 0. The molecule has 2 N–H and O–H groups in total. The van der Waals surface area contributed by atoms with Gasteiger partial charge < -0.3 is 9.90 Å². The normalized spacial score (nSPS) is 9.79. The van der Waals surface area contributed by atoms with Gasteiger partial charge in [0.25, 0.3) is 10.1 Å². The van der Waals surface area contributed by atoms with Gasteiger partial charge in [-0.15, -0.1) is 0 Å². The van der Waals surface area contributed by atoms with E-state index in [4.69, 9.17) is 4.55 Å². The van der Waals surface area contributed by atoms with E-state index >= 15 is 0 Å². The molecular formula is C7H9NO5S. The second-order valence-corrected chi connectivity index (χ2v) is 3.63.